The summed E-state index contributed by atoms with van der Waals surface area (Å²) in [5.74, 6) is 1.05. The number of carbonyl (C=O) groups excluding carboxylic acids is 1. The van der Waals surface area contributed by atoms with Crippen LogP contribution in [0.15, 0.2) is 47.8 Å². The summed E-state index contributed by atoms with van der Waals surface area (Å²) in [6.07, 6.45) is 2.78. The molecule has 0 saturated heterocycles. The van der Waals surface area contributed by atoms with E-state index >= 15 is 0 Å². The Morgan fingerprint density at radius 3 is 2.70 bits per heavy atom. The van der Waals surface area contributed by atoms with Crippen molar-refractivity contribution in [3.05, 3.63) is 70.5 Å². The van der Waals surface area contributed by atoms with Crippen molar-refractivity contribution in [1.29, 1.82) is 0 Å². The van der Waals surface area contributed by atoms with E-state index in [2.05, 4.69) is 71.2 Å². The van der Waals surface area contributed by atoms with E-state index in [-0.39, 0.29) is 5.91 Å². The van der Waals surface area contributed by atoms with Crippen molar-refractivity contribution in [3.8, 4) is 10.6 Å². The molecule has 5 rings (SSSR count). The third-order valence-corrected chi connectivity index (χ3v) is 6.46. The molecule has 5 nitrogen and oxygen atoms in total. The summed E-state index contributed by atoms with van der Waals surface area (Å²) in [5, 5.41) is 5.93. The van der Waals surface area contributed by atoms with Gasteiger partial charge in [0.05, 0.1) is 23.1 Å². The van der Waals surface area contributed by atoms with Crippen LogP contribution in [0.5, 0.6) is 0 Å². The SMILES string of the molecule is Cc1ccc(-c2nc(CC(=O)NCc3ccc4c(c3)nc(C)n4C3CC3)cs2)cc1. The molecule has 2 aromatic carbocycles. The fourth-order valence-corrected chi connectivity index (χ4v) is 4.64. The third-order valence-electron chi connectivity index (χ3n) is 5.52. The standard InChI is InChI=1S/C24H24N4OS/c1-15-3-6-18(7-4-15)24-27-19(14-30-24)12-23(29)25-13-17-5-10-22-21(11-17)26-16(2)28(22)20-8-9-20/h3-7,10-11,14,20H,8-9,12-13H2,1-2H3,(H,25,29). The zero-order chi connectivity index (χ0) is 20.7. The van der Waals surface area contributed by atoms with E-state index in [1.807, 2.05) is 5.38 Å². The normalized spacial score (nSPS) is 13.7. The number of amides is 1. The second-order valence-corrected chi connectivity index (χ2v) is 8.90. The zero-order valence-electron chi connectivity index (χ0n) is 17.2. The summed E-state index contributed by atoms with van der Waals surface area (Å²) in [6.45, 7) is 4.64. The van der Waals surface area contributed by atoms with Gasteiger partial charge in [-0.2, -0.15) is 0 Å². The molecule has 1 aliphatic rings. The van der Waals surface area contributed by atoms with Crippen LogP contribution in [0.4, 0.5) is 0 Å². The lowest BCUT2D eigenvalue weighted by molar-refractivity contribution is -0.120. The largest absolute Gasteiger partial charge is 0.352 e. The molecule has 1 amide bonds. The highest BCUT2D eigenvalue weighted by Gasteiger charge is 2.26. The average molecular weight is 417 g/mol. The number of hydrogen-bond donors (Lipinski definition) is 1. The molecule has 152 valence electrons. The summed E-state index contributed by atoms with van der Waals surface area (Å²) < 4.78 is 2.34. The van der Waals surface area contributed by atoms with Crippen molar-refractivity contribution in [3.63, 3.8) is 0 Å². The first-order valence-electron chi connectivity index (χ1n) is 10.3. The Hall–Kier alpha value is -2.99. The molecule has 2 aromatic heterocycles. The molecule has 0 bridgehead atoms. The van der Waals surface area contributed by atoms with Crippen molar-refractivity contribution in [2.75, 3.05) is 0 Å². The van der Waals surface area contributed by atoms with Gasteiger partial charge in [0.25, 0.3) is 0 Å². The van der Waals surface area contributed by atoms with Crippen LogP contribution in [0.25, 0.3) is 21.6 Å². The topological polar surface area (TPSA) is 59.8 Å². The Morgan fingerprint density at radius 1 is 1.13 bits per heavy atom. The van der Waals surface area contributed by atoms with E-state index in [1.54, 1.807) is 11.3 Å². The van der Waals surface area contributed by atoms with Crippen LogP contribution >= 0.6 is 11.3 Å². The summed E-state index contributed by atoms with van der Waals surface area (Å²) in [6, 6.07) is 15.2. The van der Waals surface area contributed by atoms with Gasteiger partial charge >= 0.3 is 0 Å². The lowest BCUT2D eigenvalue weighted by Gasteiger charge is -2.06. The van der Waals surface area contributed by atoms with Crippen LogP contribution in [0.1, 0.15) is 41.5 Å². The molecule has 1 aliphatic carbocycles. The first-order chi connectivity index (χ1) is 14.6. The van der Waals surface area contributed by atoms with Crippen molar-refractivity contribution in [1.82, 2.24) is 19.9 Å². The summed E-state index contributed by atoms with van der Waals surface area (Å²) >= 11 is 1.58. The van der Waals surface area contributed by atoms with E-state index < -0.39 is 0 Å². The van der Waals surface area contributed by atoms with Crippen LogP contribution in [0.2, 0.25) is 0 Å². The highest BCUT2D eigenvalue weighted by molar-refractivity contribution is 7.13. The Bertz CT molecular complexity index is 1220. The predicted molar refractivity (Wildman–Crippen MR) is 121 cm³/mol. The molecule has 0 aliphatic heterocycles. The lowest BCUT2D eigenvalue weighted by Crippen LogP contribution is -2.24. The van der Waals surface area contributed by atoms with E-state index in [1.165, 1.54) is 23.9 Å². The maximum Gasteiger partial charge on any atom is 0.226 e. The maximum absolute atomic E-state index is 12.4. The molecular formula is C24H24N4OS. The third kappa shape index (κ3) is 3.87. The molecule has 6 heteroatoms. The van der Waals surface area contributed by atoms with Gasteiger partial charge in [0.1, 0.15) is 10.8 Å². The number of hydrogen-bond acceptors (Lipinski definition) is 4. The molecule has 4 aromatic rings. The number of nitrogens with zero attached hydrogens (tertiary/aromatic N) is 3. The second kappa shape index (κ2) is 7.69. The Balaban J connectivity index is 1.22. The second-order valence-electron chi connectivity index (χ2n) is 8.05. The minimum Gasteiger partial charge on any atom is -0.352 e. The van der Waals surface area contributed by atoms with Gasteiger partial charge < -0.3 is 9.88 Å². The molecule has 0 spiro atoms. The summed E-state index contributed by atoms with van der Waals surface area (Å²) in [7, 11) is 0. The molecule has 0 unspecified atom stereocenters. The Morgan fingerprint density at radius 2 is 1.93 bits per heavy atom. The van der Waals surface area contributed by atoms with E-state index in [4.69, 9.17) is 4.98 Å². The molecule has 1 fully saturated rings. The van der Waals surface area contributed by atoms with Crippen molar-refractivity contribution in [2.45, 2.75) is 45.7 Å². The van der Waals surface area contributed by atoms with Gasteiger partial charge in [-0.3, -0.25) is 4.79 Å². The first kappa shape index (κ1) is 19.0. The Kier molecular flexibility index (Phi) is 4.87. The van der Waals surface area contributed by atoms with Gasteiger partial charge in [0.15, 0.2) is 0 Å². The smallest absolute Gasteiger partial charge is 0.226 e. The quantitative estimate of drug-likeness (QED) is 0.483. The monoisotopic (exact) mass is 416 g/mol. The predicted octanol–water partition coefficient (Wildman–Crippen LogP) is 4.97. The molecular weight excluding hydrogens is 392 g/mol. The number of imidazole rings is 1. The highest BCUT2D eigenvalue weighted by atomic mass is 32.1. The van der Waals surface area contributed by atoms with Crippen molar-refractivity contribution >= 4 is 28.3 Å². The van der Waals surface area contributed by atoms with E-state index in [0.29, 0.717) is 19.0 Å². The highest BCUT2D eigenvalue weighted by Crippen LogP contribution is 2.38. The minimum atomic E-state index is -0.0180. The van der Waals surface area contributed by atoms with Gasteiger partial charge in [0, 0.05) is 23.5 Å². The van der Waals surface area contributed by atoms with Gasteiger partial charge in [-0.15, -0.1) is 11.3 Å². The van der Waals surface area contributed by atoms with Crippen LogP contribution < -0.4 is 5.32 Å². The summed E-state index contributed by atoms with van der Waals surface area (Å²) in [5.41, 5.74) is 6.39. The molecule has 1 N–H and O–H groups in total. The first-order valence-corrected chi connectivity index (χ1v) is 11.2. The number of aromatic nitrogens is 3. The van der Waals surface area contributed by atoms with Crippen LogP contribution in [-0.4, -0.2) is 20.4 Å². The Labute approximate surface area is 179 Å². The number of carbonyl (C=O) groups is 1. The van der Waals surface area contributed by atoms with Crippen LogP contribution in [-0.2, 0) is 17.8 Å². The van der Waals surface area contributed by atoms with Gasteiger partial charge in [-0.25, -0.2) is 9.97 Å². The number of benzene rings is 2. The number of aryl methyl sites for hydroxylation is 2. The maximum atomic E-state index is 12.4. The fraction of sp³-hybridized carbons (Fsp3) is 0.292. The van der Waals surface area contributed by atoms with E-state index in [9.17, 15) is 4.79 Å². The molecule has 0 atom stereocenters. The fourth-order valence-electron chi connectivity index (χ4n) is 3.81. The van der Waals surface area contributed by atoms with Crippen LogP contribution in [0, 0.1) is 13.8 Å². The van der Waals surface area contributed by atoms with Crippen molar-refractivity contribution < 1.29 is 4.79 Å². The number of thiazole rings is 1. The molecule has 2 heterocycles. The van der Waals surface area contributed by atoms with E-state index in [0.717, 1.165) is 33.2 Å². The van der Waals surface area contributed by atoms with Gasteiger partial charge in [0.2, 0.25) is 5.91 Å². The van der Waals surface area contributed by atoms with Gasteiger partial charge in [-0.1, -0.05) is 35.9 Å². The summed E-state index contributed by atoms with van der Waals surface area (Å²) in [4.78, 5) is 21.8. The molecule has 1 saturated carbocycles. The van der Waals surface area contributed by atoms with Crippen molar-refractivity contribution in [2.24, 2.45) is 0 Å². The van der Waals surface area contributed by atoms with Crippen LogP contribution in [0.3, 0.4) is 0 Å². The number of rotatable bonds is 6. The minimum absolute atomic E-state index is 0.0180. The van der Waals surface area contributed by atoms with Gasteiger partial charge in [-0.05, 0) is 44.4 Å². The zero-order valence-corrected chi connectivity index (χ0v) is 18.0. The average Bonchev–Trinajstić information content (AvgIpc) is 3.36. The molecule has 0 radical (unpaired) electrons. The number of fused-ring (bicyclic) bond motifs is 1. The lowest BCUT2D eigenvalue weighted by atomic mass is 10.2. The molecule has 30 heavy (non-hydrogen) atoms. The number of nitrogens with one attached hydrogen (secondary N) is 1.